The summed E-state index contributed by atoms with van der Waals surface area (Å²) in [6.07, 6.45) is 0.771. The number of halogens is 1. The topological polar surface area (TPSA) is 70.1 Å². The second kappa shape index (κ2) is 5.34. The van der Waals surface area contributed by atoms with Gasteiger partial charge in [0.1, 0.15) is 6.04 Å². The molecule has 0 aliphatic carbocycles. The highest BCUT2D eigenvalue weighted by atomic mass is 35.5. The Morgan fingerprint density at radius 3 is 2.47 bits per heavy atom. The number of nitrogens with zero attached hydrogens (tertiary/aromatic N) is 2. The van der Waals surface area contributed by atoms with Gasteiger partial charge in [-0.2, -0.15) is 5.26 Å². The van der Waals surface area contributed by atoms with Crippen molar-refractivity contribution in [1.82, 2.24) is 4.90 Å². The molecule has 0 aromatic rings. The molecular weight excluding hydrogens is 214 g/mol. The lowest BCUT2D eigenvalue weighted by atomic mass is 9.92. The van der Waals surface area contributed by atoms with Gasteiger partial charge in [0.25, 0.3) is 0 Å². The van der Waals surface area contributed by atoms with Crippen LogP contribution in [0.1, 0.15) is 27.2 Å². The van der Waals surface area contributed by atoms with Gasteiger partial charge in [0.15, 0.2) is 0 Å². The van der Waals surface area contributed by atoms with Crippen LogP contribution in [0.15, 0.2) is 0 Å². The summed E-state index contributed by atoms with van der Waals surface area (Å²) in [6, 6.07) is 1.53. The molecule has 1 rings (SSSR count). The highest BCUT2D eigenvalue weighted by Gasteiger charge is 2.41. The number of amides is 1. The van der Waals surface area contributed by atoms with Gasteiger partial charge in [0.05, 0.1) is 12.1 Å². The monoisotopic (exact) mass is 231 g/mol. The zero-order valence-corrected chi connectivity index (χ0v) is 10.1. The molecule has 1 heterocycles. The third-order valence-electron chi connectivity index (χ3n) is 2.78. The Morgan fingerprint density at radius 2 is 2.13 bits per heavy atom. The summed E-state index contributed by atoms with van der Waals surface area (Å²) >= 11 is 0. The van der Waals surface area contributed by atoms with E-state index in [-0.39, 0.29) is 36.3 Å². The number of hydrogen-bond donors (Lipinski definition) is 1. The summed E-state index contributed by atoms with van der Waals surface area (Å²) < 4.78 is 0. The van der Waals surface area contributed by atoms with E-state index in [9.17, 15) is 4.79 Å². The van der Waals surface area contributed by atoms with E-state index in [0.717, 1.165) is 6.42 Å². The lowest BCUT2D eigenvalue weighted by Gasteiger charge is -2.44. The molecule has 5 heteroatoms. The van der Waals surface area contributed by atoms with E-state index in [0.29, 0.717) is 0 Å². The minimum absolute atomic E-state index is 0. The number of nitrogens with two attached hydrogens (primary N) is 1. The van der Waals surface area contributed by atoms with Gasteiger partial charge in [0, 0.05) is 12.5 Å². The molecule has 0 saturated carbocycles. The smallest absolute Gasteiger partial charge is 0.241 e. The van der Waals surface area contributed by atoms with E-state index in [2.05, 4.69) is 6.07 Å². The Kier molecular flexibility index (Phi) is 5.06. The van der Waals surface area contributed by atoms with Crippen LogP contribution in [-0.4, -0.2) is 28.9 Å². The van der Waals surface area contributed by atoms with E-state index in [1.165, 1.54) is 0 Å². The first-order valence-corrected chi connectivity index (χ1v) is 4.96. The van der Waals surface area contributed by atoms with Crippen LogP contribution in [0.3, 0.4) is 0 Å². The quantitative estimate of drug-likeness (QED) is 0.768. The Bertz CT molecular complexity index is 274. The van der Waals surface area contributed by atoms with Gasteiger partial charge in [-0.05, 0) is 12.8 Å². The van der Waals surface area contributed by atoms with Crippen molar-refractivity contribution in [3.63, 3.8) is 0 Å². The molecule has 0 radical (unpaired) electrons. The predicted molar refractivity (Wildman–Crippen MR) is 60.4 cm³/mol. The van der Waals surface area contributed by atoms with Crippen LogP contribution in [0.2, 0.25) is 0 Å². The van der Waals surface area contributed by atoms with Crippen LogP contribution >= 0.6 is 12.4 Å². The van der Waals surface area contributed by atoms with Gasteiger partial charge in [-0.25, -0.2) is 0 Å². The highest BCUT2D eigenvalue weighted by Crippen LogP contribution is 2.26. The van der Waals surface area contributed by atoms with Crippen molar-refractivity contribution in [2.24, 2.45) is 11.7 Å². The third-order valence-corrected chi connectivity index (χ3v) is 2.78. The third kappa shape index (κ3) is 2.61. The standard InChI is InChI=1S/C10H17N3O.ClH/c1-6(2)9(12)10(14)13-7(3)4-8(13)5-11;/h6-9H,4,12H2,1-3H3;1H. The zero-order valence-electron chi connectivity index (χ0n) is 9.30. The fraction of sp³-hybridized carbons (Fsp3) is 0.800. The van der Waals surface area contributed by atoms with Crippen molar-refractivity contribution in [2.75, 3.05) is 0 Å². The molecule has 4 nitrogen and oxygen atoms in total. The summed E-state index contributed by atoms with van der Waals surface area (Å²) in [6.45, 7) is 5.77. The van der Waals surface area contributed by atoms with Gasteiger partial charge in [-0.15, -0.1) is 12.4 Å². The summed E-state index contributed by atoms with van der Waals surface area (Å²) in [7, 11) is 0. The number of rotatable bonds is 2. The molecule has 0 bridgehead atoms. The molecule has 1 aliphatic rings. The summed E-state index contributed by atoms with van der Waals surface area (Å²) in [5, 5.41) is 8.76. The molecule has 2 N–H and O–H groups in total. The molecule has 0 aromatic carbocycles. The van der Waals surface area contributed by atoms with Gasteiger partial charge >= 0.3 is 0 Å². The normalized spacial score (nSPS) is 26.3. The number of nitriles is 1. The molecule has 0 aromatic heterocycles. The van der Waals surface area contributed by atoms with Crippen LogP contribution in [0.4, 0.5) is 0 Å². The van der Waals surface area contributed by atoms with Crippen molar-refractivity contribution in [1.29, 1.82) is 5.26 Å². The van der Waals surface area contributed by atoms with Crippen molar-refractivity contribution in [3.8, 4) is 6.07 Å². The lowest BCUT2D eigenvalue weighted by Crippen LogP contribution is -2.61. The molecule has 0 spiro atoms. The maximum absolute atomic E-state index is 11.8. The van der Waals surface area contributed by atoms with Crippen molar-refractivity contribution < 1.29 is 4.79 Å². The van der Waals surface area contributed by atoms with Gasteiger partial charge < -0.3 is 10.6 Å². The minimum Gasteiger partial charge on any atom is -0.322 e. The molecule has 1 amide bonds. The summed E-state index contributed by atoms with van der Waals surface area (Å²) in [5.41, 5.74) is 5.75. The SMILES string of the molecule is CC(C)C(N)C(=O)N1C(C)CC1C#N.Cl. The Morgan fingerprint density at radius 1 is 1.60 bits per heavy atom. The van der Waals surface area contributed by atoms with Gasteiger partial charge in [-0.3, -0.25) is 4.79 Å². The average molecular weight is 232 g/mol. The number of carbonyl (C=O) groups excluding carboxylic acids is 1. The summed E-state index contributed by atoms with van der Waals surface area (Å²) in [5.74, 6) is 0.0277. The first kappa shape index (κ1) is 14.2. The fourth-order valence-corrected chi connectivity index (χ4v) is 1.66. The summed E-state index contributed by atoms with van der Waals surface area (Å²) in [4.78, 5) is 13.4. The Labute approximate surface area is 96.8 Å². The van der Waals surface area contributed by atoms with Gasteiger partial charge in [0.2, 0.25) is 5.91 Å². The molecule has 86 valence electrons. The second-order valence-corrected chi connectivity index (χ2v) is 4.24. The zero-order chi connectivity index (χ0) is 10.9. The van der Waals surface area contributed by atoms with Gasteiger partial charge in [-0.1, -0.05) is 13.8 Å². The largest absolute Gasteiger partial charge is 0.322 e. The molecule has 1 aliphatic heterocycles. The molecule has 1 saturated heterocycles. The average Bonchev–Trinajstić information content (AvgIpc) is 2.11. The lowest BCUT2D eigenvalue weighted by molar-refractivity contribution is -0.143. The van der Waals surface area contributed by atoms with Crippen LogP contribution in [0, 0.1) is 17.2 Å². The number of carbonyl (C=O) groups is 1. The van der Waals surface area contributed by atoms with Crippen molar-refractivity contribution in [3.05, 3.63) is 0 Å². The second-order valence-electron chi connectivity index (χ2n) is 4.24. The molecule has 3 unspecified atom stereocenters. The van der Waals surface area contributed by atoms with E-state index in [4.69, 9.17) is 11.0 Å². The van der Waals surface area contributed by atoms with Crippen LogP contribution < -0.4 is 5.73 Å². The van der Waals surface area contributed by atoms with Crippen molar-refractivity contribution in [2.45, 2.75) is 45.3 Å². The molecule has 1 fully saturated rings. The fourth-order valence-electron chi connectivity index (χ4n) is 1.66. The maximum atomic E-state index is 11.8. The molecular formula is C10H18ClN3O. The van der Waals surface area contributed by atoms with E-state index in [1.54, 1.807) is 4.90 Å². The predicted octanol–water partition coefficient (Wildman–Crippen LogP) is 0.904. The van der Waals surface area contributed by atoms with Crippen LogP contribution in [0.5, 0.6) is 0 Å². The maximum Gasteiger partial charge on any atom is 0.241 e. The number of hydrogen-bond acceptors (Lipinski definition) is 3. The number of likely N-dealkylation sites (tertiary alicyclic amines) is 1. The van der Waals surface area contributed by atoms with E-state index >= 15 is 0 Å². The van der Waals surface area contributed by atoms with Crippen LogP contribution in [-0.2, 0) is 4.79 Å². The van der Waals surface area contributed by atoms with Crippen LogP contribution in [0.25, 0.3) is 0 Å². The van der Waals surface area contributed by atoms with E-state index in [1.807, 2.05) is 20.8 Å². The van der Waals surface area contributed by atoms with Crippen molar-refractivity contribution >= 4 is 18.3 Å². The first-order valence-electron chi connectivity index (χ1n) is 4.96. The van der Waals surface area contributed by atoms with E-state index < -0.39 is 6.04 Å². The first-order chi connectivity index (χ1) is 6.49. The Hall–Kier alpha value is -0.790. The molecule has 3 atom stereocenters. The Balaban J connectivity index is 0.00000196. The minimum atomic E-state index is -0.478. The molecule has 15 heavy (non-hydrogen) atoms. The highest BCUT2D eigenvalue weighted by molar-refractivity contribution is 5.85.